The van der Waals surface area contributed by atoms with Crippen molar-refractivity contribution in [1.29, 1.82) is 0 Å². The molecule has 0 aliphatic heterocycles. The molecule has 0 atom stereocenters. The third kappa shape index (κ3) is 4.78. The zero-order valence-corrected chi connectivity index (χ0v) is 16.5. The Hall–Kier alpha value is -3.68. The van der Waals surface area contributed by atoms with E-state index in [4.69, 9.17) is 0 Å². The summed E-state index contributed by atoms with van der Waals surface area (Å²) in [4.78, 5) is 40.7. The molecule has 0 unspecified atom stereocenters. The van der Waals surface area contributed by atoms with E-state index in [2.05, 4.69) is 20.9 Å². The fourth-order valence-electron chi connectivity index (χ4n) is 2.77. The second kappa shape index (κ2) is 8.55. The van der Waals surface area contributed by atoms with Crippen molar-refractivity contribution in [2.24, 2.45) is 5.92 Å². The van der Waals surface area contributed by atoms with Crippen molar-refractivity contribution in [3.63, 3.8) is 0 Å². The van der Waals surface area contributed by atoms with Crippen LogP contribution in [0.5, 0.6) is 0 Å². The molecular weight excluding hydrogens is 370 g/mol. The van der Waals surface area contributed by atoms with E-state index in [0.29, 0.717) is 29.4 Å². The number of hydrogen-bond acceptors (Lipinski definition) is 4. The maximum absolute atomic E-state index is 12.8. The van der Waals surface area contributed by atoms with Crippen LogP contribution in [0.1, 0.15) is 41.9 Å². The highest BCUT2D eigenvalue weighted by Crippen LogP contribution is 2.17. The number of benzene rings is 1. The molecule has 8 heteroatoms. The summed E-state index contributed by atoms with van der Waals surface area (Å²) < 4.78 is 1.59. The van der Waals surface area contributed by atoms with Crippen molar-refractivity contribution in [3.8, 4) is 0 Å². The van der Waals surface area contributed by atoms with E-state index >= 15 is 0 Å². The van der Waals surface area contributed by atoms with E-state index in [1.54, 1.807) is 53.1 Å². The zero-order chi connectivity index (χ0) is 21.0. The average molecular weight is 393 g/mol. The smallest absolute Gasteiger partial charge is 0.292 e. The van der Waals surface area contributed by atoms with E-state index in [1.165, 1.54) is 6.92 Å². The monoisotopic (exact) mass is 393 g/mol. The van der Waals surface area contributed by atoms with E-state index < -0.39 is 5.91 Å². The van der Waals surface area contributed by atoms with Crippen LogP contribution >= 0.6 is 0 Å². The van der Waals surface area contributed by atoms with Crippen molar-refractivity contribution in [3.05, 3.63) is 60.2 Å². The molecule has 3 rings (SSSR count). The summed E-state index contributed by atoms with van der Waals surface area (Å²) in [6.07, 6.45) is 1.69. The minimum Gasteiger partial charge on any atom is -0.350 e. The normalized spacial score (nSPS) is 10.8. The number of anilines is 2. The second-order valence-electron chi connectivity index (χ2n) is 7.06. The number of imidazole rings is 1. The van der Waals surface area contributed by atoms with Gasteiger partial charge in [-0.05, 0) is 42.3 Å². The highest BCUT2D eigenvalue weighted by atomic mass is 16.2. The number of aromatic nitrogens is 2. The number of carbonyl (C=O) groups excluding carboxylic acids is 3. The van der Waals surface area contributed by atoms with Gasteiger partial charge < -0.3 is 16.0 Å². The fourth-order valence-corrected chi connectivity index (χ4v) is 2.77. The van der Waals surface area contributed by atoms with Gasteiger partial charge in [0.15, 0.2) is 5.69 Å². The molecule has 0 saturated heterocycles. The zero-order valence-electron chi connectivity index (χ0n) is 16.5. The minimum absolute atomic E-state index is 0.112. The van der Waals surface area contributed by atoms with E-state index in [1.807, 2.05) is 13.8 Å². The lowest BCUT2D eigenvalue weighted by atomic mass is 10.2. The Balaban J connectivity index is 1.84. The molecule has 0 bridgehead atoms. The Morgan fingerprint density at radius 1 is 0.966 bits per heavy atom. The van der Waals surface area contributed by atoms with Crippen LogP contribution in [0.4, 0.5) is 11.4 Å². The molecule has 0 spiro atoms. The number of pyridine rings is 1. The summed E-state index contributed by atoms with van der Waals surface area (Å²) in [6.45, 7) is 5.95. The molecule has 0 fully saturated rings. The number of fused-ring (bicyclic) bond motifs is 1. The lowest BCUT2D eigenvalue weighted by Crippen LogP contribution is -2.27. The van der Waals surface area contributed by atoms with Crippen LogP contribution in [0.25, 0.3) is 5.52 Å². The number of carbonyl (C=O) groups is 3. The van der Waals surface area contributed by atoms with Gasteiger partial charge in [-0.2, -0.15) is 0 Å². The van der Waals surface area contributed by atoms with Crippen LogP contribution in [0, 0.1) is 5.92 Å². The summed E-state index contributed by atoms with van der Waals surface area (Å²) in [5, 5.41) is 8.26. The molecule has 2 heterocycles. The number of rotatable bonds is 6. The molecular formula is C21H23N5O3. The quantitative estimate of drug-likeness (QED) is 0.599. The van der Waals surface area contributed by atoms with E-state index in [0.717, 1.165) is 0 Å². The Morgan fingerprint density at radius 3 is 2.24 bits per heavy atom. The first-order valence-electron chi connectivity index (χ1n) is 9.29. The van der Waals surface area contributed by atoms with Gasteiger partial charge in [0.2, 0.25) is 11.7 Å². The van der Waals surface area contributed by atoms with Crippen molar-refractivity contribution >= 4 is 34.6 Å². The van der Waals surface area contributed by atoms with Gasteiger partial charge in [0.1, 0.15) is 0 Å². The fraction of sp³-hybridized carbons (Fsp3) is 0.238. The summed E-state index contributed by atoms with van der Waals surface area (Å²) in [5.41, 5.74) is 1.94. The van der Waals surface area contributed by atoms with Gasteiger partial charge in [-0.25, -0.2) is 4.98 Å². The molecule has 3 amide bonds. The van der Waals surface area contributed by atoms with Crippen LogP contribution in [-0.4, -0.2) is 33.7 Å². The van der Waals surface area contributed by atoms with Crippen molar-refractivity contribution < 1.29 is 14.4 Å². The molecule has 150 valence electrons. The largest absolute Gasteiger partial charge is 0.350 e. The van der Waals surface area contributed by atoms with Crippen LogP contribution in [-0.2, 0) is 4.79 Å². The molecule has 29 heavy (non-hydrogen) atoms. The maximum Gasteiger partial charge on any atom is 0.292 e. The predicted octanol–water partition coefficient (Wildman–Crippen LogP) is 2.93. The highest BCUT2D eigenvalue weighted by molar-refractivity contribution is 6.06. The molecule has 1 aromatic carbocycles. The first kappa shape index (κ1) is 20.1. The lowest BCUT2D eigenvalue weighted by molar-refractivity contribution is -0.114. The van der Waals surface area contributed by atoms with E-state index in [-0.39, 0.29) is 23.3 Å². The lowest BCUT2D eigenvalue weighted by Gasteiger charge is -2.06. The van der Waals surface area contributed by atoms with Gasteiger partial charge in [0.05, 0.1) is 5.52 Å². The van der Waals surface area contributed by atoms with Gasteiger partial charge in [-0.3, -0.25) is 18.8 Å². The highest BCUT2D eigenvalue weighted by Gasteiger charge is 2.21. The SMILES string of the molecule is CC(=O)Nc1ccc(NC(=O)c2nc(C(=O)NCC(C)C)c3ccccn23)cc1. The summed E-state index contributed by atoms with van der Waals surface area (Å²) >= 11 is 0. The molecule has 0 aliphatic carbocycles. The number of nitrogens with zero attached hydrogens (tertiary/aromatic N) is 2. The molecule has 0 saturated carbocycles. The van der Waals surface area contributed by atoms with Gasteiger partial charge >= 0.3 is 0 Å². The Morgan fingerprint density at radius 2 is 1.62 bits per heavy atom. The number of nitrogens with one attached hydrogen (secondary N) is 3. The topological polar surface area (TPSA) is 105 Å². The third-order valence-corrected chi connectivity index (χ3v) is 4.10. The summed E-state index contributed by atoms with van der Waals surface area (Å²) in [5.74, 6) is -0.520. The molecule has 3 N–H and O–H groups in total. The predicted molar refractivity (Wildman–Crippen MR) is 111 cm³/mol. The van der Waals surface area contributed by atoms with Crippen molar-refractivity contribution in [2.75, 3.05) is 17.2 Å². The first-order chi connectivity index (χ1) is 13.8. The molecule has 0 radical (unpaired) electrons. The van der Waals surface area contributed by atoms with Crippen LogP contribution in [0.2, 0.25) is 0 Å². The van der Waals surface area contributed by atoms with Gasteiger partial charge in [-0.15, -0.1) is 0 Å². The Kier molecular flexibility index (Phi) is 5.92. The first-order valence-corrected chi connectivity index (χ1v) is 9.29. The van der Waals surface area contributed by atoms with Crippen LogP contribution < -0.4 is 16.0 Å². The van der Waals surface area contributed by atoms with Gasteiger partial charge in [0.25, 0.3) is 11.8 Å². The summed E-state index contributed by atoms with van der Waals surface area (Å²) in [7, 11) is 0. The molecule has 8 nitrogen and oxygen atoms in total. The Bertz CT molecular complexity index is 1050. The van der Waals surface area contributed by atoms with Crippen LogP contribution in [0.3, 0.4) is 0 Å². The number of hydrogen-bond donors (Lipinski definition) is 3. The summed E-state index contributed by atoms with van der Waals surface area (Å²) in [6, 6.07) is 12.0. The molecule has 3 aromatic rings. The average Bonchev–Trinajstić information content (AvgIpc) is 3.07. The van der Waals surface area contributed by atoms with Crippen molar-refractivity contribution in [1.82, 2.24) is 14.7 Å². The Labute approximate surface area is 168 Å². The standard InChI is InChI=1S/C21H23N5O3/c1-13(2)12-22-20(28)18-17-6-4-5-11-26(17)19(25-18)21(29)24-16-9-7-15(8-10-16)23-14(3)27/h4-11,13H,12H2,1-3H3,(H,22,28)(H,23,27)(H,24,29). The van der Waals surface area contributed by atoms with Crippen molar-refractivity contribution in [2.45, 2.75) is 20.8 Å². The van der Waals surface area contributed by atoms with Gasteiger partial charge in [-0.1, -0.05) is 19.9 Å². The maximum atomic E-state index is 12.8. The van der Waals surface area contributed by atoms with Gasteiger partial charge in [0, 0.05) is 31.0 Å². The molecule has 2 aromatic heterocycles. The van der Waals surface area contributed by atoms with Crippen LogP contribution in [0.15, 0.2) is 48.7 Å². The minimum atomic E-state index is -0.443. The molecule has 0 aliphatic rings. The number of amides is 3. The second-order valence-corrected chi connectivity index (χ2v) is 7.06. The third-order valence-electron chi connectivity index (χ3n) is 4.10. The van der Waals surface area contributed by atoms with E-state index in [9.17, 15) is 14.4 Å².